The van der Waals surface area contributed by atoms with E-state index in [0.29, 0.717) is 31.0 Å². The standard InChI is InChI=1S/C15H14N6/c16-6-2-8-21(11-12-3-1-7-19-10-12)15-5-4-13(18)14(9-17)20-15/h1,3-5,7,10H,2,8,11,18H2. The predicted molar refractivity (Wildman–Crippen MR) is 78.9 cm³/mol. The molecule has 0 unspecified atom stereocenters. The molecule has 0 fully saturated rings. The van der Waals surface area contributed by atoms with Gasteiger partial charge in [0.15, 0.2) is 5.69 Å². The molecule has 0 amide bonds. The molecule has 0 radical (unpaired) electrons. The quantitative estimate of drug-likeness (QED) is 0.895. The number of anilines is 2. The molecule has 0 atom stereocenters. The lowest BCUT2D eigenvalue weighted by Gasteiger charge is -2.23. The average Bonchev–Trinajstić information content (AvgIpc) is 2.53. The number of nitriles is 2. The van der Waals surface area contributed by atoms with Gasteiger partial charge in [-0.05, 0) is 23.8 Å². The van der Waals surface area contributed by atoms with Gasteiger partial charge in [-0.25, -0.2) is 4.98 Å². The molecule has 2 rings (SSSR count). The van der Waals surface area contributed by atoms with E-state index in [2.05, 4.69) is 16.0 Å². The van der Waals surface area contributed by atoms with Crippen molar-refractivity contribution in [3.8, 4) is 12.1 Å². The fourth-order valence-corrected chi connectivity index (χ4v) is 1.90. The second-order valence-corrected chi connectivity index (χ2v) is 4.41. The van der Waals surface area contributed by atoms with Crippen LogP contribution in [0.3, 0.4) is 0 Å². The van der Waals surface area contributed by atoms with Crippen LogP contribution in [0, 0.1) is 22.7 Å². The van der Waals surface area contributed by atoms with Crippen molar-refractivity contribution >= 4 is 11.5 Å². The first kappa shape index (κ1) is 14.3. The minimum atomic E-state index is 0.195. The smallest absolute Gasteiger partial charge is 0.165 e. The summed E-state index contributed by atoms with van der Waals surface area (Å²) < 4.78 is 0. The Labute approximate surface area is 123 Å². The van der Waals surface area contributed by atoms with Crippen LogP contribution >= 0.6 is 0 Å². The van der Waals surface area contributed by atoms with Gasteiger partial charge in [0.1, 0.15) is 11.9 Å². The number of hydrogen-bond donors (Lipinski definition) is 1. The molecule has 0 saturated heterocycles. The number of nitrogens with zero attached hydrogens (tertiary/aromatic N) is 5. The summed E-state index contributed by atoms with van der Waals surface area (Å²) in [6.45, 7) is 1.09. The minimum Gasteiger partial charge on any atom is -0.396 e. The van der Waals surface area contributed by atoms with Gasteiger partial charge < -0.3 is 10.6 Å². The Morgan fingerprint density at radius 1 is 1.24 bits per heavy atom. The SMILES string of the molecule is N#CCCN(Cc1cccnc1)c1ccc(N)c(C#N)n1. The van der Waals surface area contributed by atoms with Crippen LogP contribution in [0.15, 0.2) is 36.7 Å². The number of rotatable bonds is 5. The molecule has 0 saturated carbocycles. The Morgan fingerprint density at radius 3 is 2.76 bits per heavy atom. The summed E-state index contributed by atoms with van der Waals surface area (Å²) in [6.07, 6.45) is 3.84. The molecule has 0 aliphatic carbocycles. The lowest BCUT2D eigenvalue weighted by molar-refractivity contribution is 0.780. The molecule has 0 aliphatic heterocycles. The van der Waals surface area contributed by atoms with Crippen molar-refractivity contribution in [1.82, 2.24) is 9.97 Å². The van der Waals surface area contributed by atoms with Crippen LogP contribution < -0.4 is 10.6 Å². The summed E-state index contributed by atoms with van der Waals surface area (Å²) in [4.78, 5) is 10.3. The predicted octanol–water partition coefficient (Wildman–Crippen LogP) is 1.85. The van der Waals surface area contributed by atoms with Gasteiger partial charge in [-0.15, -0.1) is 0 Å². The molecular formula is C15H14N6. The Morgan fingerprint density at radius 2 is 2.10 bits per heavy atom. The van der Waals surface area contributed by atoms with E-state index >= 15 is 0 Å². The van der Waals surface area contributed by atoms with Crippen LogP contribution in [-0.2, 0) is 6.54 Å². The lowest BCUT2D eigenvalue weighted by Crippen LogP contribution is -2.25. The molecule has 0 bridgehead atoms. The molecule has 104 valence electrons. The van der Waals surface area contributed by atoms with Gasteiger partial charge in [-0.2, -0.15) is 10.5 Å². The summed E-state index contributed by atoms with van der Waals surface area (Å²) in [5.41, 5.74) is 7.24. The Hall–Kier alpha value is -3.12. The second-order valence-electron chi connectivity index (χ2n) is 4.41. The molecule has 6 heteroatoms. The third-order valence-corrected chi connectivity index (χ3v) is 2.93. The average molecular weight is 278 g/mol. The zero-order valence-electron chi connectivity index (χ0n) is 11.4. The maximum atomic E-state index is 9.02. The van der Waals surface area contributed by atoms with Crippen molar-refractivity contribution in [2.75, 3.05) is 17.2 Å². The highest BCUT2D eigenvalue weighted by atomic mass is 15.2. The van der Waals surface area contributed by atoms with E-state index in [4.69, 9.17) is 16.3 Å². The van der Waals surface area contributed by atoms with Gasteiger partial charge in [0.05, 0.1) is 18.2 Å². The van der Waals surface area contributed by atoms with E-state index in [0.717, 1.165) is 5.56 Å². The van der Waals surface area contributed by atoms with E-state index in [1.807, 2.05) is 23.1 Å². The molecule has 0 aliphatic rings. The van der Waals surface area contributed by atoms with Crippen molar-refractivity contribution in [3.05, 3.63) is 47.9 Å². The Bertz CT molecular complexity index is 684. The fourth-order valence-electron chi connectivity index (χ4n) is 1.90. The van der Waals surface area contributed by atoms with Crippen LogP contribution in [0.1, 0.15) is 17.7 Å². The molecule has 2 aromatic heterocycles. The van der Waals surface area contributed by atoms with Gasteiger partial charge in [-0.1, -0.05) is 6.07 Å². The zero-order chi connectivity index (χ0) is 15.1. The van der Waals surface area contributed by atoms with Gasteiger partial charge in [0, 0.05) is 25.5 Å². The third-order valence-electron chi connectivity index (χ3n) is 2.93. The maximum Gasteiger partial charge on any atom is 0.165 e. The van der Waals surface area contributed by atoms with Crippen LogP contribution in [-0.4, -0.2) is 16.5 Å². The monoisotopic (exact) mass is 278 g/mol. The highest BCUT2D eigenvalue weighted by molar-refractivity contribution is 5.55. The zero-order valence-corrected chi connectivity index (χ0v) is 11.4. The van der Waals surface area contributed by atoms with E-state index in [-0.39, 0.29) is 5.69 Å². The number of nitrogen functional groups attached to an aromatic ring is 1. The van der Waals surface area contributed by atoms with Crippen molar-refractivity contribution in [1.29, 1.82) is 10.5 Å². The van der Waals surface area contributed by atoms with Crippen LogP contribution in [0.4, 0.5) is 11.5 Å². The van der Waals surface area contributed by atoms with Crippen LogP contribution in [0.25, 0.3) is 0 Å². The first-order valence-electron chi connectivity index (χ1n) is 6.42. The van der Waals surface area contributed by atoms with Crippen LogP contribution in [0.2, 0.25) is 0 Å². The summed E-state index contributed by atoms with van der Waals surface area (Å²) in [5.74, 6) is 0.625. The minimum absolute atomic E-state index is 0.195. The van der Waals surface area contributed by atoms with Gasteiger partial charge >= 0.3 is 0 Å². The molecule has 0 spiro atoms. The van der Waals surface area contributed by atoms with Crippen molar-refractivity contribution in [3.63, 3.8) is 0 Å². The number of hydrogen-bond acceptors (Lipinski definition) is 6. The summed E-state index contributed by atoms with van der Waals surface area (Å²) in [7, 11) is 0. The molecule has 2 N–H and O–H groups in total. The van der Waals surface area contributed by atoms with E-state index < -0.39 is 0 Å². The lowest BCUT2D eigenvalue weighted by atomic mass is 10.2. The fraction of sp³-hybridized carbons (Fsp3) is 0.200. The maximum absolute atomic E-state index is 9.02. The van der Waals surface area contributed by atoms with Crippen molar-refractivity contribution in [2.24, 2.45) is 0 Å². The normalized spacial score (nSPS) is 9.62. The topological polar surface area (TPSA) is 103 Å². The second kappa shape index (κ2) is 6.88. The van der Waals surface area contributed by atoms with Crippen molar-refractivity contribution in [2.45, 2.75) is 13.0 Å². The van der Waals surface area contributed by atoms with Gasteiger partial charge in [-0.3, -0.25) is 4.98 Å². The van der Waals surface area contributed by atoms with Crippen molar-refractivity contribution < 1.29 is 0 Å². The highest BCUT2D eigenvalue weighted by Crippen LogP contribution is 2.18. The van der Waals surface area contributed by atoms with E-state index in [9.17, 15) is 0 Å². The van der Waals surface area contributed by atoms with Crippen LogP contribution in [0.5, 0.6) is 0 Å². The van der Waals surface area contributed by atoms with Gasteiger partial charge in [0.25, 0.3) is 0 Å². The molecule has 6 nitrogen and oxygen atoms in total. The summed E-state index contributed by atoms with van der Waals surface area (Å²) >= 11 is 0. The van der Waals surface area contributed by atoms with E-state index in [1.54, 1.807) is 24.5 Å². The molecule has 2 heterocycles. The Kier molecular flexibility index (Phi) is 4.68. The largest absolute Gasteiger partial charge is 0.396 e. The molecule has 2 aromatic rings. The van der Waals surface area contributed by atoms with E-state index in [1.165, 1.54) is 0 Å². The third kappa shape index (κ3) is 3.68. The number of pyridine rings is 2. The summed E-state index contributed by atoms with van der Waals surface area (Å²) in [5, 5.41) is 17.8. The molecule has 0 aromatic carbocycles. The first-order valence-corrected chi connectivity index (χ1v) is 6.42. The first-order chi connectivity index (χ1) is 10.2. The highest BCUT2D eigenvalue weighted by Gasteiger charge is 2.11. The summed E-state index contributed by atoms with van der Waals surface area (Å²) in [6, 6.07) is 11.3. The number of aromatic nitrogens is 2. The molecule has 21 heavy (non-hydrogen) atoms. The van der Waals surface area contributed by atoms with Gasteiger partial charge in [0.2, 0.25) is 0 Å². The Balaban J connectivity index is 2.28. The molecular weight excluding hydrogens is 264 g/mol. The number of nitrogens with two attached hydrogens (primary N) is 1.